The van der Waals surface area contributed by atoms with Gasteiger partial charge in [0.15, 0.2) is 0 Å². The van der Waals surface area contributed by atoms with Crippen molar-refractivity contribution >= 4 is 5.91 Å². The Morgan fingerprint density at radius 3 is 2.67 bits per heavy atom. The van der Waals surface area contributed by atoms with E-state index >= 15 is 0 Å². The number of nitrogens with one attached hydrogen (secondary N) is 3. The van der Waals surface area contributed by atoms with E-state index in [1.165, 1.54) is 0 Å². The highest BCUT2D eigenvalue weighted by molar-refractivity contribution is 5.82. The number of rotatable bonds is 3. The fourth-order valence-corrected chi connectivity index (χ4v) is 1.52. The second-order valence-corrected chi connectivity index (χ2v) is 5.31. The SMILES string of the molecule is CC(C)(C)CCNC(=O)C1CNCCN1. The van der Waals surface area contributed by atoms with Gasteiger partial charge in [0.05, 0.1) is 6.04 Å². The van der Waals surface area contributed by atoms with Crippen molar-refractivity contribution in [2.75, 3.05) is 26.2 Å². The molecule has 1 aliphatic rings. The zero-order chi connectivity index (χ0) is 11.3. The molecule has 1 fully saturated rings. The highest BCUT2D eigenvalue weighted by Crippen LogP contribution is 2.16. The molecule has 1 saturated heterocycles. The highest BCUT2D eigenvalue weighted by atomic mass is 16.2. The van der Waals surface area contributed by atoms with Gasteiger partial charge in [-0.05, 0) is 11.8 Å². The fraction of sp³-hybridized carbons (Fsp3) is 0.909. The normalized spacial score (nSPS) is 22.5. The molecule has 1 unspecified atom stereocenters. The minimum atomic E-state index is -0.0567. The van der Waals surface area contributed by atoms with Crippen LogP contribution in [-0.4, -0.2) is 38.1 Å². The average molecular weight is 213 g/mol. The molecular formula is C11H23N3O. The van der Waals surface area contributed by atoms with E-state index in [9.17, 15) is 4.79 Å². The van der Waals surface area contributed by atoms with Gasteiger partial charge in [0.25, 0.3) is 0 Å². The van der Waals surface area contributed by atoms with Gasteiger partial charge < -0.3 is 16.0 Å². The lowest BCUT2D eigenvalue weighted by Crippen LogP contribution is -2.55. The standard InChI is InChI=1S/C11H23N3O/c1-11(2,3)4-5-14-10(15)9-8-12-6-7-13-9/h9,12-13H,4-8H2,1-3H3,(H,14,15). The molecule has 1 aliphatic heterocycles. The van der Waals surface area contributed by atoms with E-state index in [0.717, 1.165) is 32.6 Å². The van der Waals surface area contributed by atoms with E-state index in [4.69, 9.17) is 0 Å². The van der Waals surface area contributed by atoms with Crippen LogP contribution in [-0.2, 0) is 4.79 Å². The molecule has 0 aromatic rings. The van der Waals surface area contributed by atoms with Crippen LogP contribution in [0.15, 0.2) is 0 Å². The summed E-state index contributed by atoms with van der Waals surface area (Å²) in [4.78, 5) is 11.7. The van der Waals surface area contributed by atoms with E-state index in [0.29, 0.717) is 0 Å². The highest BCUT2D eigenvalue weighted by Gasteiger charge is 2.20. The van der Waals surface area contributed by atoms with Crippen molar-refractivity contribution in [2.24, 2.45) is 5.41 Å². The molecule has 0 radical (unpaired) electrons. The summed E-state index contributed by atoms with van der Waals surface area (Å²) in [5, 5.41) is 9.36. The summed E-state index contributed by atoms with van der Waals surface area (Å²) in [7, 11) is 0. The Kier molecular flexibility index (Phi) is 4.54. The van der Waals surface area contributed by atoms with Gasteiger partial charge in [-0.15, -0.1) is 0 Å². The molecule has 1 atom stereocenters. The Labute approximate surface area is 92.2 Å². The van der Waals surface area contributed by atoms with Crippen LogP contribution in [0, 0.1) is 5.41 Å². The van der Waals surface area contributed by atoms with Gasteiger partial charge in [-0.1, -0.05) is 20.8 Å². The van der Waals surface area contributed by atoms with Gasteiger partial charge in [-0.3, -0.25) is 4.79 Å². The van der Waals surface area contributed by atoms with Crippen LogP contribution >= 0.6 is 0 Å². The summed E-state index contributed by atoms with van der Waals surface area (Å²) in [6, 6.07) is -0.0567. The van der Waals surface area contributed by atoms with Gasteiger partial charge in [0.2, 0.25) is 5.91 Å². The first kappa shape index (κ1) is 12.5. The Morgan fingerprint density at radius 1 is 1.40 bits per heavy atom. The smallest absolute Gasteiger partial charge is 0.238 e. The quantitative estimate of drug-likeness (QED) is 0.623. The van der Waals surface area contributed by atoms with E-state index in [1.807, 2.05) is 0 Å². The van der Waals surface area contributed by atoms with Crippen LogP contribution in [0.25, 0.3) is 0 Å². The first-order valence-electron chi connectivity index (χ1n) is 5.71. The zero-order valence-corrected chi connectivity index (χ0v) is 10.0. The Hall–Kier alpha value is -0.610. The van der Waals surface area contributed by atoms with Gasteiger partial charge in [0, 0.05) is 26.2 Å². The predicted molar refractivity (Wildman–Crippen MR) is 61.7 cm³/mol. The summed E-state index contributed by atoms with van der Waals surface area (Å²) in [6.45, 7) is 9.86. The Morgan fingerprint density at radius 2 is 2.13 bits per heavy atom. The number of carbonyl (C=O) groups excluding carboxylic acids is 1. The minimum Gasteiger partial charge on any atom is -0.355 e. The molecule has 1 rings (SSSR count). The van der Waals surface area contributed by atoms with Crippen molar-refractivity contribution in [1.29, 1.82) is 0 Å². The summed E-state index contributed by atoms with van der Waals surface area (Å²) in [6.07, 6.45) is 1.01. The van der Waals surface area contributed by atoms with Crippen LogP contribution in [0.1, 0.15) is 27.2 Å². The number of amides is 1. The van der Waals surface area contributed by atoms with Crippen molar-refractivity contribution < 1.29 is 4.79 Å². The molecule has 15 heavy (non-hydrogen) atoms. The third kappa shape index (κ3) is 5.14. The first-order chi connectivity index (χ1) is 6.99. The summed E-state index contributed by atoms with van der Waals surface area (Å²) in [5.74, 6) is 0.117. The van der Waals surface area contributed by atoms with Crippen LogP contribution in [0.2, 0.25) is 0 Å². The van der Waals surface area contributed by atoms with E-state index in [2.05, 4.69) is 36.7 Å². The van der Waals surface area contributed by atoms with Crippen molar-refractivity contribution in [3.8, 4) is 0 Å². The molecule has 0 aromatic carbocycles. The van der Waals surface area contributed by atoms with Crippen molar-refractivity contribution in [3.63, 3.8) is 0 Å². The summed E-state index contributed by atoms with van der Waals surface area (Å²) >= 11 is 0. The molecule has 0 bridgehead atoms. The fourth-order valence-electron chi connectivity index (χ4n) is 1.52. The number of piperazine rings is 1. The first-order valence-corrected chi connectivity index (χ1v) is 5.71. The van der Waals surface area contributed by atoms with Crippen molar-refractivity contribution in [1.82, 2.24) is 16.0 Å². The molecule has 0 saturated carbocycles. The third-order valence-corrected chi connectivity index (χ3v) is 2.53. The van der Waals surface area contributed by atoms with Gasteiger partial charge in [0.1, 0.15) is 0 Å². The van der Waals surface area contributed by atoms with Gasteiger partial charge in [-0.2, -0.15) is 0 Å². The molecule has 4 nitrogen and oxygen atoms in total. The maximum absolute atomic E-state index is 11.7. The monoisotopic (exact) mass is 213 g/mol. The lowest BCUT2D eigenvalue weighted by Gasteiger charge is -2.24. The lowest BCUT2D eigenvalue weighted by atomic mass is 9.92. The second-order valence-electron chi connectivity index (χ2n) is 5.31. The maximum atomic E-state index is 11.7. The van der Waals surface area contributed by atoms with E-state index in [-0.39, 0.29) is 17.4 Å². The maximum Gasteiger partial charge on any atom is 0.238 e. The van der Waals surface area contributed by atoms with Gasteiger partial charge >= 0.3 is 0 Å². The summed E-state index contributed by atoms with van der Waals surface area (Å²) in [5.41, 5.74) is 0.283. The van der Waals surface area contributed by atoms with Crippen LogP contribution in [0.5, 0.6) is 0 Å². The molecule has 1 heterocycles. The van der Waals surface area contributed by atoms with Gasteiger partial charge in [-0.25, -0.2) is 0 Å². The predicted octanol–water partition coefficient (Wildman–Crippen LogP) is 0.100. The number of hydrogen-bond acceptors (Lipinski definition) is 3. The van der Waals surface area contributed by atoms with Crippen molar-refractivity contribution in [2.45, 2.75) is 33.2 Å². The Balaban J connectivity index is 2.17. The molecule has 88 valence electrons. The summed E-state index contributed by atoms with van der Waals surface area (Å²) < 4.78 is 0. The largest absolute Gasteiger partial charge is 0.355 e. The molecular weight excluding hydrogens is 190 g/mol. The van der Waals surface area contributed by atoms with Crippen LogP contribution in [0.3, 0.4) is 0 Å². The molecule has 0 spiro atoms. The third-order valence-electron chi connectivity index (χ3n) is 2.53. The Bertz CT molecular complexity index is 204. The molecule has 4 heteroatoms. The zero-order valence-electron chi connectivity index (χ0n) is 10.0. The topological polar surface area (TPSA) is 53.2 Å². The van der Waals surface area contributed by atoms with Crippen molar-refractivity contribution in [3.05, 3.63) is 0 Å². The van der Waals surface area contributed by atoms with Crippen LogP contribution in [0.4, 0.5) is 0 Å². The number of carbonyl (C=O) groups is 1. The molecule has 3 N–H and O–H groups in total. The minimum absolute atomic E-state index is 0.0567. The number of hydrogen-bond donors (Lipinski definition) is 3. The average Bonchev–Trinajstić information content (AvgIpc) is 2.17. The molecule has 0 aliphatic carbocycles. The lowest BCUT2D eigenvalue weighted by molar-refractivity contribution is -0.123. The molecule has 0 aromatic heterocycles. The van der Waals surface area contributed by atoms with E-state index in [1.54, 1.807) is 0 Å². The second kappa shape index (κ2) is 5.47. The molecule has 1 amide bonds. The van der Waals surface area contributed by atoms with Crippen LogP contribution < -0.4 is 16.0 Å². The van der Waals surface area contributed by atoms with E-state index < -0.39 is 0 Å².